The Morgan fingerprint density at radius 3 is 2.03 bits per heavy atom. The van der Waals surface area contributed by atoms with Gasteiger partial charge in [-0.15, -0.1) is 0 Å². The lowest BCUT2D eigenvalue weighted by molar-refractivity contribution is 0.631. The van der Waals surface area contributed by atoms with Crippen molar-refractivity contribution in [3.63, 3.8) is 0 Å². The maximum atomic E-state index is 6.09. The molecule has 2 aromatic heterocycles. The van der Waals surface area contributed by atoms with Crippen LogP contribution in [0.4, 0.5) is 0 Å². The number of aromatic nitrogens is 2. The van der Waals surface area contributed by atoms with E-state index in [4.69, 9.17) is 9.40 Å². The fourth-order valence-corrected chi connectivity index (χ4v) is 5.62. The molecular formula is C35H34N2O. The zero-order chi connectivity index (χ0) is 26.2. The molecule has 3 heteroatoms. The molecule has 0 N–H and O–H groups in total. The Morgan fingerprint density at radius 2 is 1.32 bits per heavy atom. The topological polar surface area (TPSA) is 31.0 Å². The van der Waals surface area contributed by atoms with Gasteiger partial charge in [-0.2, -0.15) is 0 Å². The summed E-state index contributed by atoms with van der Waals surface area (Å²) in [7, 11) is 0. The van der Waals surface area contributed by atoms with Crippen molar-refractivity contribution in [2.24, 2.45) is 11.8 Å². The Kier molecular flexibility index (Phi) is 6.37. The summed E-state index contributed by atoms with van der Waals surface area (Å²) in [4.78, 5) is 4.89. The van der Waals surface area contributed by atoms with Crippen LogP contribution in [0.5, 0.6) is 0 Å². The van der Waals surface area contributed by atoms with Crippen molar-refractivity contribution in [2.45, 2.75) is 40.5 Å². The van der Waals surface area contributed by atoms with Gasteiger partial charge in [0.2, 0.25) is 0 Å². The van der Waals surface area contributed by atoms with Crippen molar-refractivity contribution in [3.05, 3.63) is 108 Å². The van der Waals surface area contributed by atoms with E-state index in [-0.39, 0.29) is 0 Å². The first-order chi connectivity index (χ1) is 18.5. The Hall–Kier alpha value is -4.11. The van der Waals surface area contributed by atoms with Crippen molar-refractivity contribution >= 4 is 21.9 Å². The second-order valence-electron chi connectivity index (χ2n) is 11.1. The van der Waals surface area contributed by atoms with Crippen LogP contribution < -0.4 is 0 Å². The van der Waals surface area contributed by atoms with Crippen LogP contribution in [0.25, 0.3) is 50.1 Å². The standard InChI is InChI=1S/C35H34N2O/c1-23(2)18-28-20-27(25-10-6-5-7-11-25)21-29(19-24(3)4)34(28)37-17-16-36-35(37)26-14-15-33-31(22-26)30-12-8-9-13-32(30)38-33/h5-17,20-24H,18-19H2,1-4H3. The molecule has 2 heterocycles. The van der Waals surface area contributed by atoms with E-state index in [1.807, 2.05) is 18.3 Å². The van der Waals surface area contributed by atoms with Crippen molar-refractivity contribution in [3.8, 4) is 28.2 Å². The summed E-state index contributed by atoms with van der Waals surface area (Å²) in [5, 5.41) is 2.26. The van der Waals surface area contributed by atoms with Crippen LogP contribution in [0.3, 0.4) is 0 Å². The molecule has 0 bridgehead atoms. The predicted octanol–water partition coefficient (Wildman–Crippen LogP) is 9.50. The van der Waals surface area contributed by atoms with Gasteiger partial charge >= 0.3 is 0 Å². The number of fused-ring (bicyclic) bond motifs is 3. The maximum absolute atomic E-state index is 6.09. The SMILES string of the molecule is CC(C)Cc1cc(-c2ccccc2)cc(CC(C)C)c1-n1ccnc1-c1ccc2oc3ccccc3c2c1. The molecule has 0 aliphatic carbocycles. The van der Waals surface area contributed by atoms with E-state index >= 15 is 0 Å². The molecule has 0 aliphatic heterocycles. The van der Waals surface area contributed by atoms with E-state index in [0.717, 1.165) is 46.2 Å². The third kappa shape index (κ3) is 4.54. The first-order valence-corrected chi connectivity index (χ1v) is 13.6. The van der Waals surface area contributed by atoms with Gasteiger partial charge in [0.15, 0.2) is 0 Å². The summed E-state index contributed by atoms with van der Waals surface area (Å²) >= 11 is 0. The van der Waals surface area contributed by atoms with Crippen molar-refractivity contribution in [1.29, 1.82) is 0 Å². The molecule has 0 saturated carbocycles. The van der Waals surface area contributed by atoms with E-state index in [1.54, 1.807) is 0 Å². The first kappa shape index (κ1) is 24.2. The monoisotopic (exact) mass is 498 g/mol. The highest BCUT2D eigenvalue weighted by Crippen LogP contribution is 2.36. The van der Waals surface area contributed by atoms with Crippen LogP contribution >= 0.6 is 0 Å². The molecule has 0 radical (unpaired) electrons. The summed E-state index contributed by atoms with van der Waals surface area (Å²) in [6.07, 6.45) is 6.06. The van der Waals surface area contributed by atoms with Crippen LogP contribution in [0.2, 0.25) is 0 Å². The van der Waals surface area contributed by atoms with E-state index in [2.05, 4.69) is 111 Å². The zero-order valence-electron chi connectivity index (χ0n) is 22.6. The van der Waals surface area contributed by atoms with Crippen LogP contribution in [0.1, 0.15) is 38.8 Å². The zero-order valence-corrected chi connectivity index (χ0v) is 22.6. The number of rotatable bonds is 7. The lowest BCUT2D eigenvalue weighted by Crippen LogP contribution is -2.10. The van der Waals surface area contributed by atoms with E-state index in [9.17, 15) is 0 Å². The average Bonchev–Trinajstić information content (AvgIpc) is 3.53. The van der Waals surface area contributed by atoms with Gasteiger partial charge in [-0.05, 0) is 83.3 Å². The van der Waals surface area contributed by atoms with E-state index in [1.165, 1.54) is 27.9 Å². The number of benzene rings is 4. The van der Waals surface area contributed by atoms with Crippen LogP contribution in [-0.4, -0.2) is 9.55 Å². The highest BCUT2D eigenvalue weighted by molar-refractivity contribution is 6.06. The number of para-hydroxylation sites is 1. The number of nitrogens with zero attached hydrogens (tertiary/aromatic N) is 2. The van der Waals surface area contributed by atoms with Crippen molar-refractivity contribution < 1.29 is 4.42 Å². The Morgan fingerprint density at radius 1 is 0.658 bits per heavy atom. The first-order valence-electron chi connectivity index (χ1n) is 13.6. The highest BCUT2D eigenvalue weighted by Gasteiger charge is 2.20. The summed E-state index contributed by atoms with van der Waals surface area (Å²) in [5.41, 5.74) is 9.46. The molecule has 38 heavy (non-hydrogen) atoms. The number of furan rings is 1. The lowest BCUT2D eigenvalue weighted by Gasteiger charge is -2.22. The van der Waals surface area contributed by atoms with Gasteiger partial charge in [0, 0.05) is 28.7 Å². The van der Waals surface area contributed by atoms with Crippen LogP contribution in [0, 0.1) is 11.8 Å². The fraction of sp³-hybridized carbons (Fsp3) is 0.229. The quantitative estimate of drug-likeness (QED) is 0.219. The number of hydrogen-bond acceptors (Lipinski definition) is 2. The normalized spacial score (nSPS) is 11.8. The maximum Gasteiger partial charge on any atom is 0.144 e. The molecule has 0 fully saturated rings. The largest absolute Gasteiger partial charge is 0.456 e. The summed E-state index contributed by atoms with van der Waals surface area (Å²) < 4.78 is 8.41. The van der Waals surface area contributed by atoms with Gasteiger partial charge in [-0.1, -0.05) is 76.2 Å². The Labute approximate surface area is 224 Å². The van der Waals surface area contributed by atoms with E-state index in [0.29, 0.717) is 11.8 Å². The second kappa shape index (κ2) is 9.98. The number of hydrogen-bond donors (Lipinski definition) is 0. The Bertz CT molecular complexity index is 1690. The molecule has 0 atom stereocenters. The smallest absolute Gasteiger partial charge is 0.144 e. The van der Waals surface area contributed by atoms with Gasteiger partial charge in [0.05, 0.1) is 5.69 Å². The number of imidazole rings is 1. The molecule has 6 rings (SSSR count). The van der Waals surface area contributed by atoms with Crippen molar-refractivity contribution in [1.82, 2.24) is 9.55 Å². The minimum absolute atomic E-state index is 0.535. The van der Waals surface area contributed by atoms with Gasteiger partial charge in [0.1, 0.15) is 17.0 Å². The summed E-state index contributed by atoms with van der Waals surface area (Å²) in [6.45, 7) is 9.20. The van der Waals surface area contributed by atoms with Gasteiger partial charge < -0.3 is 4.42 Å². The molecule has 0 aliphatic rings. The van der Waals surface area contributed by atoms with Crippen LogP contribution in [-0.2, 0) is 12.8 Å². The second-order valence-corrected chi connectivity index (χ2v) is 11.1. The predicted molar refractivity (Wildman–Crippen MR) is 159 cm³/mol. The molecular weight excluding hydrogens is 464 g/mol. The van der Waals surface area contributed by atoms with E-state index < -0.39 is 0 Å². The third-order valence-electron chi connectivity index (χ3n) is 7.15. The lowest BCUT2D eigenvalue weighted by atomic mass is 9.90. The minimum Gasteiger partial charge on any atom is -0.456 e. The highest BCUT2D eigenvalue weighted by atomic mass is 16.3. The molecule has 190 valence electrons. The fourth-order valence-electron chi connectivity index (χ4n) is 5.62. The Balaban J connectivity index is 1.56. The molecule has 4 aromatic carbocycles. The van der Waals surface area contributed by atoms with Crippen LogP contribution in [0.15, 0.2) is 102 Å². The molecule has 0 spiro atoms. The van der Waals surface area contributed by atoms with Gasteiger partial charge in [-0.25, -0.2) is 4.98 Å². The molecule has 6 aromatic rings. The average molecular weight is 499 g/mol. The molecule has 0 unspecified atom stereocenters. The summed E-state index contributed by atoms with van der Waals surface area (Å²) in [6, 6.07) is 30.2. The molecule has 0 amide bonds. The molecule has 3 nitrogen and oxygen atoms in total. The van der Waals surface area contributed by atoms with Crippen molar-refractivity contribution in [2.75, 3.05) is 0 Å². The minimum atomic E-state index is 0.535. The van der Waals surface area contributed by atoms with Gasteiger partial charge in [0.25, 0.3) is 0 Å². The summed E-state index contributed by atoms with van der Waals surface area (Å²) in [5.74, 6) is 2.03. The molecule has 0 saturated heterocycles. The van der Waals surface area contributed by atoms with Gasteiger partial charge in [-0.3, -0.25) is 4.57 Å². The third-order valence-corrected chi connectivity index (χ3v) is 7.15.